The molecule has 0 aliphatic carbocycles. The lowest BCUT2D eigenvalue weighted by molar-refractivity contribution is 0.415. The van der Waals surface area contributed by atoms with Gasteiger partial charge in [0.1, 0.15) is 5.75 Å². The second-order valence-electron chi connectivity index (χ2n) is 4.81. The van der Waals surface area contributed by atoms with Crippen molar-refractivity contribution in [3.63, 3.8) is 0 Å². The number of fused-ring (bicyclic) bond motifs is 3. The van der Waals surface area contributed by atoms with E-state index < -0.39 is 0 Å². The van der Waals surface area contributed by atoms with Crippen LogP contribution in [0, 0.1) is 0 Å². The molecule has 2 aromatic heterocycles. The molecule has 0 amide bonds. The number of nitrogens with zero attached hydrogens (tertiary/aromatic N) is 3. The van der Waals surface area contributed by atoms with Gasteiger partial charge >= 0.3 is 0 Å². The molecule has 0 N–H and O–H groups in total. The van der Waals surface area contributed by atoms with Crippen molar-refractivity contribution in [2.45, 2.75) is 0 Å². The summed E-state index contributed by atoms with van der Waals surface area (Å²) in [6.45, 7) is 0. The minimum absolute atomic E-state index is 0.842. The van der Waals surface area contributed by atoms with Crippen LogP contribution in [0.1, 0.15) is 0 Å². The molecule has 4 aromatic rings. The van der Waals surface area contributed by atoms with Crippen molar-refractivity contribution in [1.82, 2.24) is 14.6 Å². The van der Waals surface area contributed by atoms with Crippen molar-refractivity contribution in [2.75, 3.05) is 7.11 Å². The molecule has 102 valence electrons. The van der Waals surface area contributed by atoms with Crippen molar-refractivity contribution in [2.24, 2.45) is 0 Å². The summed E-state index contributed by atoms with van der Waals surface area (Å²) in [5.74, 6) is 0.842. The standard InChI is InChI=1S/C17H13N3O/c1-21-13-8-6-12(7-9-13)16-10-11-18-17-14-4-2-3-5-15(14)19-20(16)17/h2-11H,1H3. The highest BCUT2D eigenvalue weighted by Gasteiger charge is 2.10. The smallest absolute Gasteiger partial charge is 0.163 e. The van der Waals surface area contributed by atoms with Gasteiger partial charge in [0.05, 0.1) is 18.3 Å². The molecular formula is C17H13N3O. The van der Waals surface area contributed by atoms with Gasteiger partial charge in [0.2, 0.25) is 0 Å². The maximum Gasteiger partial charge on any atom is 0.163 e. The lowest BCUT2D eigenvalue weighted by Gasteiger charge is -2.05. The molecule has 4 rings (SSSR count). The summed E-state index contributed by atoms with van der Waals surface area (Å²) in [5, 5.41) is 5.72. The molecule has 0 spiro atoms. The SMILES string of the molecule is COc1ccc(-c2ccnc3c4ccccc4nn23)cc1. The van der Waals surface area contributed by atoms with Gasteiger partial charge in [-0.05, 0) is 42.5 Å². The van der Waals surface area contributed by atoms with E-state index in [4.69, 9.17) is 4.74 Å². The zero-order valence-corrected chi connectivity index (χ0v) is 11.5. The third-order valence-corrected chi connectivity index (χ3v) is 3.60. The Bertz CT molecular complexity index is 926. The molecule has 0 saturated heterocycles. The van der Waals surface area contributed by atoms with E-state index in [9.17, 15) is 0 Å². The van der Waals surface area contributed by atoms with E-state index in [1.807, 2.05) is 65.3 Å². The lowest BCUT2D eigenvalue weighted by Crippen LogP contribution is -1.95. The molecule has 2 heterocycles. The van der Waals surface area contributed by atoms with Crippen LogP contribution in [0.5, 0.6) is 5.75 Å². The Morgan fingerprint density at radius 1 is 0.952 bits per heavy atom. The molecule has 0 atom stereocenters. The van der Waals surface area contributed by atoms with E-state index in [1.54, 1.807) is 7.11 Å². The maximum atomic E-state index is 5.21. The first-order valence-electron chi connectivity index (χ1n) is 6.74. The Balaban J connectivity index is 1.99. The fraction of sp³-hybridized carbons (Fsp3) is 0.0588. The van der Waals surface area contributed by atoms with E-state index in [-0.39, 0.29) is 0 Å². The van der Waals surface area contributed by atoms with Gasteiger partial charge in [0.25, 0.3) is 0 Å². The van der Waals surface area contributed by atoms with Gasteiger partial charge in [0.15, 0.2) is 5.65 Å². The van der Waals surface area contributed by atoms with Crippen LogP contribution < -0.4 is 4.74 Å². The fourth-order valence-electron chi connectivity index (χ4n) is 2.54. The number of rotatable bonds is 2. The first kappa shape index (κ1) is 11.9. The van der Waals surface area contributed by atoms with E-state index in [2.05, 4.69) is 10.1 Å². The summed E-state index contributed by atoms with van der Waals surface area (Å²) in [6, 6.07) is 18.0. The van der Waals surface area contributed by atoms with Crippen LogP contribution in [0.25, 0.3) is 27.8 Å². The first-order chi connectivity index (χ1) is 10.4. The second kappa shape index (κ2) is 4.59. The molecule has 4 nitrogen and oxygen atoms in total. The molecule has 2 aromatic carbocycles. The van der Waals surface area contributed by atoms with Crippen LogP contribution in [0.2, 0.25) is 0 Å². The average Bonchev–Trinajstić information content (AvgIpc) is 2.94. The highest BCUT2D eigenvalue weighted by molar-refractivity contribution is 5.92. The maximum absolute atomic E-state index is 5.21. The molecule has 4 heteroatoms. The molecule has 0 radical (unpaired) electrons. The normalized spacial score (nSPS) is 11.1. The number of ether oxygens (including phenoxy) is 1. The van der Waals surface area contributed by atoms with Crippen LogP contribution in [-0.2, 0) is 0 Å². The van der Waals surface area contributed by atoms with Crippen LogP contribution in [0.4, 0.5) is 0 Å². The minimum Gasteiger partial charge on any atom is -0.497 e. The quantitative estimate of drug-likeness (QED) is 0.561. The first-order valence-corrected chi connectivity index (χ1v) is 6.74. The molecular weight excluding hydrogens is 262 g/mol. The predicted molar refractivity (Wildman–Crippen MR) is 82.5 cm³/mol. The van der Waals surface area contributed by atoms with Crippen molar-refractivity contribution in [3.8, 4) is 17.0 Å². The van der Waals surface area contributed by atoms with Crippen LogP contribution >= 0.6 is 0 Å². The van der Waals surface area contributed by atoms with Crippen LogP contribution in [0.15, 0.2) is 60.8 Å². The highest BCUT2D eigenvalue weighted by atomic mass is 16.5. The van der Waals surface area contributed by atoms with Crippen LogP contribution in [-0.4, -0.2) is 21.7 Å². The average molecular weight is 275 g/mol. The van der Waals surface area contributed by atoms with Crippen molar-refractivity contribution in [3.05, 3.63) is 60.8 Å². The summed E-state index contributed by atoms with van der Waals surface area (Å²) in [7, 11) is 1.67. The van der Waals surface area contributed by atoms with Crippen molar-refractivity contribution in [1.29, 1.82) is 0 Å². The molecule has 0 bridgehead atoms. The minimum atomic E-state index is 0.842. The van der Waals surface area contributed by atoms with Crippen molar-refractivity contribution < 1.29 is 4.74 Å². The van der Waals surface area contributed by atoms with Gasteiger partial charge in [-0.25, -0.2) is 9.50 Å². The summed E-state index contributed by atoms with van der Waals surface area (Å²) in [6.07, 6.45) is 1.82. The topological polar surface area (TPSA) is 39.4 Å². The number of aromatic nitrogens is 3. The monoisotopic (exact) mass is 275 g/mol. The Hall–Kier alpha value is -2.88. The second-order valence-corrected chi connectivity index (χ2v) is 4.81. The molecule has 0 aliphatic heterocycles. The van der Waals surface area contributed by atoms with Gasteiger partial charge < -0.3 is 4.74 Å². The summed E-state index contributed by atoms with van der Waals surface area (Å²) < 4.78 is 7.10. The van der Waals surface area contributed by atoms with Crippen molar-refractivity contribution >= 4 is 16.6 Å². The Labute approximate surface area is 121 Å². The predicted octanol–water partition coefficient (Wildman–Crippen LogP) is 3.56. The van der Waals surface area contributed by atoms with Gasteiger partial charge in [-0.1, -0.05) is 12.1 Å². The van der Waals surface area contributed by atoms with E-state index in [0.717, 1.165) is 33.6 Å². The van der Waals surface area contributed by atoms with E-state index in [1.165, 1.54) is 0 Å². The zero-order chi connectivity index (χ0) is 14.2. The molecule has 0 saturated carbocycles. The lowest BCUT2D eigenvalue weighted by atomic mass is 10.1. The van der Waals surface area contributed by atoms with E-state index in [0.29, 0.717) is 0 Å². The molecule has 21 heavy (non-hydrogen) atoms. The summed E-state index contributed by atoms with van der Waals surface area (Å²) >= 11 is 0. The van der Waals surface area contributed by atoms with Gasteiger partial charge in [-0.15, -0.1) is 0 Å². The van der Waals surface area contributed by atoms with Gasteiger partial charge in [0, 0.05) is 17.1 Å². The Morgan fingerprint density at radius 2 is 1.76 bits per heavy atom. The molecule has 0 unspecified atom stereocenters. The highest BCUT2D eigenvalue weighted by Crippen LogP contribution is 2.25. The number of benzene rings is 2. The summed E-state index contributed by atoms with van der Waals surface area (Å²) in [4.78, 5) is 4.47. The number of hydrogen-bond acceptors (Lipinski definition) is 3. The molecule has 0 aliphatic rings. The number of methoxy groups -OCH3 is 1. The van der Waals surface area contributed by atoms with Crippen LogP contribution in [0.3, 0.4) is 0 Å². The van der Waals surface area contributed by atoms with E-state index >= 15 is 0 Å². The zero-order valence-electron chi connectivity index (χ0n) is 11.5. The Morgan fingerprint density at radius 3 is 2.57 bits per heavy atom. The largest absolute Gasteiger partial charge is 0.497 e. The summed E-state index contributed by atoms with van der Waals surface area (Å²) in [5.41, 5.74) is 3.92. The molecule has 0 fully saturated rings. The van der Waals surface area contributed by atoms with Gasteiger partial charge in [-0.3, -0.25) is 0 Å². The third kappa shape index (κ3) is 1.84. The van der Waals surface area contributed by atoms with Gasteiger partial charge in [-0.2, -0.15) is 5.10 Å². The number of hydrogen-bond donors (Lipinski definition) is 0. The third-order valence-electron chi connectivity index (χ3n) is 3.60. The Kier molecular flexibility index (Phi) is 2.60. The fourth-order valence-corrected chi connectivity index (χ4v) is 2.54.